The summed E-state index contributed by atoms with van der Waals surface area (Å²) in [6.07, 6.45) is 0. The SMILES string of the molecule is COc1ccc(CN(C)c2ccc(C(=N)N)c(Br)c2)cc1. The lowest BCUT2D eigenvalue weighted by Crippen LogP contribution is -2.17. The average Bonchev–Trinajstić information content (AvgIpc) is 2.47. The van der Waals surface area contributed by atoms with Crippen LogP contribution in [-0.4, -0.2) is 20.0 Å². The highest BCUT2D eigenvalue weighted by molar-refractivity contribution is 9.10. The summed E-state index contributed by atoms with van der Waals surface area (Å²) in [4.78, 5) is 2.14. The molecule has 0 bridgehead atoms. The van der Waals surface area contributed by atoms with E-state index in [1.807, 2.05) is 49.5 Å². The van der Waals surface area contributed by atoms with E-state index in [1.54, 1.807) is 7.11 Å². The Labute approximate surface area is 133 Å². The van der Waals surface area contributed by atoms with Crippen LogP contribution in [0.1, 0.15) is 11.1 Å². The molecule has 0 radical (unpaired) electrons. The zero-order chi connectivity index (χ0) is 15.4. The second-order valence-electron chi connectivity index (χ2n) is 4.78. The molecule has 0 aliphatic rings. The van der Waals surface area contributed by atoms with E-state index in [0.717, 1.165) is 22.5 Å². The zero-order valence-electron chi connectivity index (χ0n) is 12.1. The lowest BCUT2D eigenvalue weighted by Gasteiger charge is -2.20. The van der Waals surface area contributed by atoms with Crippen molar-refractivity contribution in [2.75, 3.05) is 19.1 Å². The van der Waals surface area contributed by atoms with Gasteiger partial charge in [0.25, 0.3) is 0 Å². The first-order chi connectivity index (χ1) is 10.0. The molecule has 0 saturated heterocycles. The van der Waals surface area contributed by atoms with Crippen LogP contribution < -0.4 is 15.4 Å². The fraction of sp³-hybridized carbons (Fsp3) is 0.188. The van der Waals surface area contributed by atoms with Crippen LogP contribution in [0, 0.1) is 5.41 Å². The molecule has 0 unspecified atom stereocenters. The highest BCUT2D eigenvalue weighted by atomic mass is 79.9. The minimum Gasteiger partial charge on any atom is -0.497 e. The molecule has 0 aromatic heterocycles. The number of nitrogens with two attached hydrogens (primary N) is 1. The lowest BCUT2D eigenvalue weighted by atomic mass is 10.1. The van der Waals surface area contributed by atoms with Crippen LogP contribution in [0.15, 0.2) is 46.9 Å². The van der Waals surface area contributed by atoms with Crippen molar-refractivity contribution in [1.29, 1.82) is 5.41 Å². The van der Waals surface area contributed by atoms with Gasteiger partial charge in [0.15, 0.2) is 0 Å². The second kappa shape index (κ2) is 6.63. The fourth-order valence-electron chi connectivity index (χ4n) is 2.06. The quantitative estimate of drug-likeness (QED) is 0.643. The van der Waals surface area contributed by atoms with Crippen LogP contribution in [0.2, 0.25) is 0 Å². The molecule has 0 spiro atoms. The predicted molar refractivity (Wildman–Crippen MR) is 90.3 cm³/mol. The van der Waals surface area contributed by atoms with Crippen LogP contribution >= 0.6 is 15.9 Å². The Bertz CT molecular complexity index is 640. The molecule has 0 heterocycles. The summed E-state index contributed by atoms with van der Waals surface area (Å²) in [7, 11) is 3.69. The van der Waals surface area contributed by atoms with E-state index in [2.05, 4.69) is 20.8 Å². The first-order valence-corrected chi connectivity index (χ1v) is 7.28. The van der Waals surface area contributed by atoms with E-state index >= 15 is 0 Å². The van der Waals surface area contributed by atoms with Crippen molar-refractivity contribution in [3.63, 3.8) is 0 Å². The van der Waals surface area contributed by atoms with Crippen LogP contribution in [0.3, 0.4) is 0 Å². The minimum atomic E-state index is 0.0613. The number of halogens is 1. The highest BCUT2D eigenvalue weighted by Gasteiger charge is 2.07. The molecule has 0 aliphatic heterocycles. The average molecular weight is 348 g/mol. The van der Waals surface area contributed by atoms with E-state index < -0.39 is 0 Å². The maximum absolute atomic E-state index is 7.49. The minimum absolute atomic E-state index is 0.0613. The number of hydrogen-bond donors (Lipinski definition) is 2. The molecule has 0 atom stereocenters. The maximum atomic E-state index is 7.49. The van der Waals surface area contributed by atoms with E-state index in [0.29, 0.717) is 5.56 Å². The van der Waals surface area contributed by atoms with Gasteiger partial charge in [-0.05, 0) is 51.8 Å². The van der Waals surface area contributed by atoms with Crippen molar-refractivity contribution in [1.82, 2.24) is 0 Å². The first kappa shape index (κ1) is 15.4. The fourth-order valence-corrected chi connectivity index (χ4v) is 2.64. The maximum Gasteiger partial charge on any atom is 0.123 e. The Hall–Kier alpha value is -2.01. The Balaban J connectivity index is 2.14. The zero-order valence-corrected chi connectivity index (χ0v) is 13.6. The molecule has 0 amide bonds. The summed E-state index contributed by atoms with van der Waals surface area (Å²) >= 11 is 3.46. The highest BCUT2D eigenvalue weighted by Crippen LogP contribution is 2.24. The molecule has 2 aromatic rings. The number of amidine groups is 1. The van der Waals surface area contributed by atoms with Crippen molar-refractivity contribution in [3.05, 3.63) is 58.1 Å². The van der Waals surface area contributed by atoms with Crippen LogP contribution in [0.5, 0.6) is 5.75 Å². The van der Waals surface area contributed by atoms with Crippen molar-refractivity contribution in [3.8, 4) is 5.75 Å². The number of nitrogens with zero attached hydrogens (tertiary/aromatic N) is 1. The third-order valence-corrected chi connectivity index (χ3v) is 3.92. The smallest absolute Gasteiger partial charge is 0.123 e. The molecule has 110 valence electrons. The molecule has 2 aromatic carbocycles. The van der Waals surface area contributed by atoms with Gasteiger partial charge in [-0.15, -0.1) is 0 Å². The topological polar surface area (TPSA) is 62.3 Å². The summed E-state index contributed by atoms with van der Waals surface area (Å²) in [5.74, 6) is 0.918. The molecule has 21 heavy (non-hydrogen) atoms. The van der Waals surface area contributed by atoms with Gasteiger partial charge in [-0.1, -0.05) is 12.1 Å². The number of benzene rings is 2. The van der Waals surface area contributed by atoms with Gasteiger partial charge in [0, 0.05) is 29.3 Å². The van der Waals surface area contributed by atoms with Gasteiger partial charge < -0.3 is 15.4 Å². The summed E-state index contributed by atoms with van der Waals surface area (Å²) < 4.78 is 5.99. The molecule has 0 saturated carbocycles. The molecular formula is C16H18BrN3O. The number of methoxy groups -OCH3 is 1. The molecule has 0 aliphatic carbocycles. The van der Waals surface area contributed by atoms with Crippen LogP contribution in [-0.2, 0) is 6.54 Å². The number of nitrogen functional groups attached to an aromatic ring is 1. The van der Waals surface area contributed by atoms with Gasteiger partial charge in [-0.3, -0.25) is 5.41 Å². The monoisotopic (exact) mass is 347 g/mol. The van der Waals surface area contributed by atoms with Crippen molar-refractivity contribution in [2.45, 2.75) is 6.54 Å². The largest absolute Gasteiger partial charge is 0.497 e. The molecule has 0 fully saturated rings. The summed E-state index contributed by atoms with van der Waals surface area (Å²) in [6.45, 7) is 0.788. The van der Waals surface area contributed by atoms with Crippen LogP contribution in [0.4, 0.5) is 5.69 Å². The normalized spacial score (nSPS) is 10.2. The van der Waals surface area contributed by atoms with Gasteiger partial charge in [0.2, 0.25) is 0 Å². The summed E-state index contributed by atoms with van der Waals surface area (Å²) in [6, 6.07) is 13.8. The van der Waals surface area contributed by atoms with E-state index in [-0.39, 0.29) is 5.84 Å². The number of rotatable bonds is 5. The Morgan fingerprint density at radius 3 is 2.43 bits per heavy atom. The number of hydrogen-bond acceptors (Lipinski definition) is 3. The Morgan fingerprint density at radius 1 is 1.24 bits per heavy atom. The van der Waals surface area contributed by atoms with E-state index in [1.165, 1.54) is 5.56 Å². The number of ether oxygens (including phenoxy) is 1. The number of nitrogens with one attached hydrogen (secondary N) is 1. The van der Waals surface area contributed by atoms with Gasteiger partial charge in [-0.25, -0.2) is 0 Å². The molecule has 4 nitrogen and oxygen atoms in total. The third-order valence-electron chi connectivity index (χ3n) is 3.26. The van der Waals surface area contributed by atoms with Crippen molar-refractivity contribution < 1.29 is 4.74 Å². The van der Waals surface area contributed by atoms with Crippen LogP contribution in [0.25, 0.3) is 0 Å². The van der Waals surface area contributed by atoms with Gasteiger partial charge in [0.05, 0.1) is 7.11 Å². The van der Waals surface area contributed by atoms with Gasteiger partial charge >= 0.3 is 0 Å². The lowest BCUT2D eigenvalue weighted by molar-refractivity contribution is 0.414. The third kappa shape index (κ3) is 3.76. The second-order valence-corrected chi connectivity index (χ2v) is 5.64. The first-order valence-electron chi connectivity index (χ1n) is 6.49. The molecule has 5 heteroatoms. The predicted octanol–water partition coefficient (Wildman–Crippen LogP) is 3.38. The standard InChI is InChI=1S/C16H18BrN3O/c1-20(10-11-3-6-13(21-2)7-4-11)12-5-8-14(16(18)19)15(17)9-12/h3-9H,10H2,1-2H3,(H3,18,19). The summed E-state index contributed by atoms with van der Waals surface area (Å²) in [5, 5.41) is 7.49. The number of anilines is 1. The van der Waals surface area contributed by atoms with E-state index in [4.69, 9.17) is 15.9 Å². The van der Waals surface area contributed by atoms with Crippen molar-refractivity contribution >= 4 is 27.5 Å². The molecule has 3 N–H and O–H groups in total. The Morgan fingerprint density at radius 2 is 1.90 bits per heavy atom. The Kier molecular flexibility index (Phi) is 4.85. The molecular weight excluding hydrogens is 330 g/mol. The van der Waals surface area contributed by atoms with Crippen molar-refractivity contribution in [2.24, 2.45) is 5.73 Å². The van der Waals surface area contributed by atoms with Gasteiger partial charge in [0.1, 0.15) is 11.6 Å². The summed E-state index contributed by atoms with van der Waals surface area (Å²) in [5.41, 5.74) is 8.48. The van der Waals surface area contributed by atoms with E-state index in [9.17, 15) is 0 Å². The molecule has 2 rings (SSSR count). The van der Waals surface area contributed by atoms with Gasteiger partial charge in [-0.2, -0.15) is 0 Å².